The molecule has 1 amide bonds. The van der Waals surface area contributed by atoms with Crippen LogP contribution in [0.15, 0.2) is 42.6 Å². The van der Waals surface area contributed by atoms with Gasteiger partial charge in [0.15, 0.2) is 0 Å². The Bertz CT molecular complexity index is 814. The van der Waals surface area contributed by atoms with E-state index in [9.17, 15) is 4.79 Å². The fraction of sp³-hybridized carbons (Fsp3) is 0.520. The Morgan fingerprint density at radius 1 is 1.20 bits per heavy atom. The van der Waals surface area contributed by atoms with Crippen molar-refractivity contribution in [2.75, 3.05) is 20.2 Å². The van der Waals surface area contributed by atoms with E-state index in [-0.39, 0.29) is 11.9 Å². The first-order valence-electron chi connectivity index (χ1n) is 11.0. The molecule has 1 aromatic heterocycles. The Balaban J connectivity index is 1.66. The van der Waals surface area contributed by atoms with Crippen LogP contribution in [0.5, 0.6) is 5.75 Å². The van der Waals surface area contributed by atoms with Gasteiger partial charge in [0.25, 0.3) is 0 Å². The van der Waals surface area contributed by atoms with E-state index >= 15 is 0 Å². The van der Waals surface area contributed by atoms with Crippen molar-refractivity contribution in [3.63, 3.8) is 0 Å². The van der Waals surface area contributed by atoms with Gasteiger partial charge in [0.2, 0.25) is 5.91 Å². The zero-order valence-corrected chi connectivity index (χ0v) is 18.7. The lowest BCUT2D eigenvalue weighted by Crippen LogP contribution is -2.41. The zero-order chi connectivity index (χ0) is 21.5. The maximum atomic E-state index is 12.5. The Kier molecular flexibility index (Phi) is 7.86. The van der Waals surface area contributed by atoms with Gasteiger partial charge >= 0.3 is 0 Å². The summed E-state index contributed by atoms with van der Waals surface area (Å²) in [5, 5.41) is 3.28. The smallest absolute Gasteiger partial charge is 0.220 e. The third-order valence-electron chi connectivity index (χ3n) is 5.91. The topological polar surface area (TPSA) is 54.5 Å². The second-order valence-electron chi connectivity index (χ2n) is 8.78. The van der Waals surface area contributed by atoms with Crippen molar-refractivity contribution in [1.82, 2.24) is 15.2 Å². The molecule has 0 aliphatic carbocycles. The Hall–Kier alpha value is -2.40. The number of carbonyl (C=O) groups excluding carboxylic acids is 1. The molecule has 1 N–H and O–H groups in total. The molecule has 1 atom stereocenters. The molecule has 0 bridgehead atoms. The number of para-hydroxylation sites is 1. The number of amides is 1. The molecule has 3 rings (SSSR count). The summed E-state index contributed by atoms with van der Waals surface area (Å²) in [6.07, 6.45) is 4.44. The summed E-state index contributed by atoms with van der Waals surface area (Å²) < 4.78 is 5.63. The minimum atomic E-state index is -0.0203. The molecule has 0 unspecified atom stereocenters. The molecule has 0 spiro atoms. The minimum absolute atomic E-state index is 0.0203. The number of ether oxygens (including phenoxy) is 1. The molecule has 162 valence electrons. The molecule has 0 radical (unpaired) electrons. The van der Waals surface area contributed by atoms with E-state index in [4.69, 9.17) is 4.74 Å². The molecule has 5 nitrogen and oxygen atoms in total. The number of aromatic nitrogens is 1. The normalized spacial score (nSPS) is 16.4. The van der Waals surface area contributed by atoms with Crippen molar-refractivity contribution in [1.29, 1.82) is 0 Å². The number of benzene rings is 1. The zero-order valence-electron chi connectivity index (χ0n) is 18.7. The van der Waals surface area contributed by atoms with Crippen LogP contribution in [0.3, 0.4) is 0 Å². The Morgan fingerprint density at radius 3 is 2.60 bits per heavy atom. The van der Waals surface area contributed by atoms with E-state index in [1.807, 2.05) is 24.4 Å². The number of methoxy groups -OCH3 is 1. The summed E-state index contributed by atoms with van der Waals surface area (Å²) in [7, 11) is 1.75. The van der Waals surface area contributed by atoms with Gasteiger partial charge in [0.1, 0.15) is 5.75 Å². The van der Waals surface area contributed by atoms with Crippen LogP contribution in [-0.4, -0.2) is 36.0 Å². The number of piperidine rings is 1. The summed E-state index contributed by atoms with van der Waals surface area (Å²) in [4.78, 5) is 19.6. The molecule has 1 saturated heterocycles. The van der Waals surface area contributed by atoms with Crippen LogP contribution in [0.1, 0.15) is 56.0 Å². The summed E-state index contributed by atoms with van der Waals surface area (Å²) in [6, 6.07) is 12.3. The van der Waals surface area contributed by atoms with Crippen LogP contribution in [0.25, 0.3) is 0 Å². The van der Waals surface area contributed by atoms with E-state index in [2.05, 4.69) is 54.2 Å². The van der Waals surface area contributed by atoms with Gasteiger partial charge in [-0.25, -0.2) is 0 Å². The highest BCUT2D eigenvalue weighted by molar-refractivity contribution is 5.76. The lowest BCUT2D eigenvalue weighted by Gasteiger charge is -2.36. The van der Waals surface area contributed by atoms with Crippen molar-refractivity contribution < 1.29 is 9.53 Å². The minimum Gasteiger partial charge on any atom is -0.496 e. The first-order valence-corrected chi connectivity index (χ1v) is 11.0. The maximum Gasteiger partial charge on any atom is 0.220 e. The fourth-order valence-corrected chi connectivity index (χ4v) is 4.41. The second kappa shape index (κ2) is 10.6. The van der Waals surface area contributed by atoms with Gasteiger partial charge in [-0.1, -0.05) is 38.1 Å². The van der Waals surface area contributed by atoms with Crippen molar-refractivity contribution in [2.24, 2.45) is 11.8 Å². The Labute approximate surface area is 180 Å². The van der Waals surface area contributed by atoms with Gasteiger partial charge < -0.3 is 10.1 Å². The van der Waals surface area contributed by atoms with E-state index in [1.165, 1.54) is 11.1 Å². The van der Waals surface area contributed by atoms with Crippen LogP contribution in [-0.2, 0) is 11.3 Å². The van der Waals surface area contributed by atoms with E-state index < -0.39 is 0 Å². The standard InChI is InChI=1S/C25H35N3O2/c1-18(2)16-23(29)27-24(22-10-5-6-13-26-22)20-11-14-28(15-12-20)17-21-9-7-8-19(3)25(21)30-4/h5-10,13,18,20,24H,11-12,14-17H2,1-4H3,(H,27,29)/t24-/m0/s1. The number of carbonyl (C=O) groups is 1. The lowest BCUT2D eigenvalue weighted by atomic mass is 9.86. The molecule has 2 aromatic rings. The van der Waals surface area contributed by atoms with Crippen molar-refractivity contribution in [3.05, 3.63) is 59.4 Å². The van der Waals surface area contributed by atoms with Crippen LogP contribution in [0.2, 0.25) is 0 Å². The third-order valence-corrected chi connectivity index (χ3v) is 5.91. The van der Waals surface area contributed by atoms with Crippen molar-refractivity contribution in [2.45, 2.75) is 52.6 Å². The highest BCUT2D eigenvalue weighted by Crippen LogP contribution is 2.32. The SMILES string of the molecule is COc1c(C)cccc1CN1CCC([C@H](NC(=O)CC(C)C)c2ccccn2)CC1. The Morgan fingerprint density at radius 2 is 1.97 bits per heavy atom. The molecule has 1 aliphatic rings. The number of nitrogens with one attached hydrogen (secondary N) is 1. The summed E-state index contributed by atoms with van der Waals surface area (Å²) in [5.74, 6) is 1.85. The first kappa shape index (κ1) is 22.3. The summed E-state index contributed by atoms with van der Waals surface area (Å²) >= 11 is 0. The molecule has 30 heavy (non-hydrogen) atoms. The predicted molar refractivity (Wildman–Crippen MR) is 120 cm³/mol. The molecular weight excluding hydrogens is 374 g/mol. The fourth-order valence-electron chi connectivity index (χ4n) is 4.41. The molecule has 1 aliphatic heterocycles. The van der Waals surface area contributed by atoms with E-state index in [1.54, 1.807) is 7.11 Å². The molecule has 1 aromatic carbocycles. The number of hydrogen-bond donors (Lipinski definition) is 1. The quantitative estimate of drug-likeness (QED) is 0.697. The number of likely N-dealkylation sites (tertiary alicyclic amines) is 1. The number of aryl methyl sites for hydroxylation is 1. The van der Waals surface area contributed by atoms with E-state index in [0.717, 1.165) is 43.9 Å². The number of nitrogens with zero attached hydrogens (tertiary/aromatic N) is 2. The van der Waals surface area contributed by atoms with Crippen LogP contribution < -0.4 is 10.1 Å². The van der Waals surface area contributed by atoms with Gasteiger partial charge in [-0.2, -0.15) is 0 Å². The van der Waals surface area contributed by atoms with E-state index in [0.29, 0.717) is 18.3 Å². The number of rotatable bonds is 8. The predicted octanol–water partition coefficient (Wildman–Crippen LogP) is 4.51. The third kappa shape index (κ3) is 5.82. The monoisotopic (exact) mass is 409 g/mol. The maximum absolute atomic E-state index is 12.5. The lowest BCUT2D eigenvalue weighted by molar-refractivity contribution is -0.123. The molecule has 0 saturated carbocycles. The molecule has 5 heteroatoms. The van der Waals surface area contributed by atoms with Gasteiger partial charge in [0, 0.05) is 24.7 Å². The van der Waals surface area contributed by atoms with Crippen LogP contribution >= 0.6 is 0 Å². The molecule has 1 fully saturated rings. The second-order valence-corrected chi connectivity index (χ2v) is 8.78. The van der Waals surface area contributed by atoms with Gasteiger partial charge in [-0.15, -0.1) is 0 Å². The number of pyridine rings is 1. The molecule has 2 heterocycles. The van der Waals surface area contributed by atoms with Crippen LogP contribution in [0.4, 0.5) is 0 Å². The average Bonchev–Trinajstić information content (AvgIpc) is 2.73. The van der Waals surface area contributed by atoms with Gasteiger partial charge in [-0.05, 0) is 62.4 Å². The summed E-state index contributed by atoms with van der Waals surface area (Å²) in [5.41, 5.74) is 3.38. The average molecular weight is 410 g/mol. The molecular formula is C25H35N3O2. The summed E-state index contributed by atoms with van der Waals surface area (Å²) in [6.45, 7) is 9.15. The van der Waals surface area contributed by atoms with Gasteiger partial charge in [-0.3, -0.25) is 14.7 Å². The number of hydrogen-bond acceptors (Lipinski definition) is 4. The van der Waals surface area contributed by atoms with Gasteiger partial charge in [0.05, 0.1) is 18.8 Å². The highest BCUT2D eigenvalue weighted by atomic mass is 16.5. The van der Waals surface area contributed by atoms with Crippen molar-refractivity contribution in [3.8, 4) is 5.75 Å². The highest BCUT2D eigenvalue weighted by Gasteiger charge is 2.30. The first-order chi connectivity index (χ1) is 14.5. The largest absolute Gasteiger partial charge is 0.496 e. The van der Waals surface area contributed by atoms with Crippen molar-refractivity contribution >= 4 is 5.91 Å². The van der Waals surface area contributed by atoms with Crippen LogP contribution in [0, 0.1) is 18.8 Å².